The number of thiocarbonyl (C=S) groups is 1. The molecule has 1 fully saturated rings. The fourth-order valence-corrected chi connectivity index (χ4v) is 3.54. The SMILES string of the molecule is Cc1ccccc1CN1CCN(C(=S)Nc2cccc(Cl)c2C)CC1. The lowest BCUT2D eigenvalue weighted by Gasteiger charge is -2.36. The van der Waals surface area contributed by atoms with Crippen LogP contribution in [0.25, 0.3) is 0 Å². The maximum Gasteiger partial charge on any atom is 0.173 e. The van der Waals surface area contributed by atoms with E-state index in [-0.39, 0.29) is 0 Å². The molecule has 3 nitrogen and oxygen atoms in total. The summed E-state index contributed by atoms with van der Waals surface area (Å²) in [4.78, 5) is 4.73. The fraction of sp³-hybridized carbons (Fsp3) is 0.350. The molecular formula is C20H24ClN3S. The average Bonchev–Trinajstić information content (AvgIpc) is 2.61. The lowest BCUT2D eigenvalue weighted by molar-refractivity contribution is 0.176. The Labute approximate surface area is 160 Å². The summed E-state index contributed by atoms with van der Waals surface area (Å²) < 4.78 is 0. The summed E-state index contributed by atoms with van der Waals surface area (Å²) in [7, 11) is 0. The number of halogens is 1. The zero-order valence-electron chi connectivity index (χ0n) is 14.8. The van der Waals surface area contributed by atoms with Crippen LogP contribution in [0.5, 0.6) is 0 Å². The Morgan fingerprint density at radius 2 is 1.76 bits per heavy atom. The van der Waals surface area contributed by atoms with Crippen LogP contribution in [-0.2, 0) is 6.54 Å². The highest BCUT2D eigenvalue weighted by Crippen LogP contribution is 2.23. The van der Waals surface area contributed by atoms with Gasteiger partial charge in [0.25, 0.3) is 0 Å². The molecule has 1 aliphatic rings. The van der Waals surface area contributed by atoms with E-state index in [1.165, 1.54) is 11.1 Å². The number of anilines is 1. The number of nitrogens with zero attached hydrogens (tertiary/aromatic N) is 2. The quantitative estimate of drug-likeness (QED) is 0.799. The Kier molecular flexibility index (Phi) is 5.94. The highest BCUT2D eigenvalue weighted by molar-refractivity contribution is 7.80. The molecule has 1 saturated heterocycles. The van der Waals surface area contributed by atoms with Crippen LogP contribution in [0.4, 0.5) is 5.69 Å². The zero-order chi connectivity index (χ0) is 17.8. The molecule has 1 aliphatic heterocycles. The standard InChI is InChI=1S/C20H24ClN3S/c1-15-6-3-4-7-17(15)14-23-10-12-24(13-11-23)20(25)22-19-9-5-8-18(21)16(19)2/h3-9H,10-14H2,1-2H3,(H,22,25). The smallest absolute Gasteiger partial charge is 0.173 e. The first-order valence-electron chi connectivity index (χ1n) is 8.62. The predicted molar refractivity (Wildman–Crippen MR) is 110 cm³/mol. The van der Waals surface area contributed by atoms with Crippen molar-refractivity contribution in [2.75, 3.05) is 31.5 Å². The second-order valence-electron chi connectivity index (χ2n) is 6.53. The Morgan fingerprint density at radius 1 is 1.04 bits per heavy atom. The third kappa shape index (κ3) is 4.51. The predicted octanol–water partition coefficient (Wildman–Crippen LogP) is 4.47. The van der Waals surface area contributed by atoms with Crippen LogP contribution in [0.1, 0.15) is 16.7 Å². The maximum absolute atomic E-state index is 6.19. The Hall–Kier alpha value is -1.62. The first-order valence-corrected chi connectivity index (χ1v) is 9.41. The number of aryl methyl sites for hydroxylation is 1. The normalized spacial score (nSPS) is 15.2. The fourth-order valence-electron chi connectivity index (χ4n) is 3.07. The van der Waals surface area contributed by atoms with E-state index in [9.17, 15) is 0 Å². The molecular weight excluding hydrogens is 350 g/mol. The number of piperazine rings is 1. The first-order chi connectivity index (χ1) is 12.0. The number of hydrogen-bond acceptors (Lipinski definition) is 2. The molecule has 0 atom stereocenters. The van der Waals surface area contributed by atoms with Gasteiger partial charge < -0.3 is 10.2 Å². The monoisotopic (exact) mass is 373 g/mol. The van der Waals surface area contributed by atoms with E-state index in [1.807, 2.05) is 25.1 Å². The largest absolute Gasteiger partial charge is 0.346 e. The highest BCUT2D eigenvalue weighted by Gasteiger charge is 2.19. The van der Waals surface area contributed by atoms with Gasteiger partial charge in [0.05, 0.1) is 0 Å². The maximum atomic E-state index is 6.19. The van der Waals surface area contributed by atoms with Gasteiger partial charge >= 0.3 is 0 Å². The van der Waals surface area contributed by atoms with E-state index >= 15 is 0 Å². The Balaban J connectivity index is 1.54. The topological polar surface area (TPSA) is 18.5 Å². The van der Waals surface area contributed by atoms with E-state index in [0.29, 0.717) is 0 Å². The van der Waals surface area contributed by atoms with Crippen LogP contribution in [0, 0.1) is 13.8 Å². The number of hydrogen-bond donors (Lipinski definition) is 1. The highest BCUT2D eigenvalue weighted by atomic mass is 35.5. The van der Waals surface area contributed by atoms with Gasteiger partial charge in [-0.1, -0.05) is 41.9 Å². The van der Waals surface area contributed by atoms with Crippen LogP contribution in [0.2, 0.25) is 5.02 Å². The number of benzene rings is 2. The minimum atomic E-state index is 0.760. The van der Waals surface area contributed by atoms with Gasteiger partial charge in [0, 0.05) is 43.4 Å². The molecule has 5 heteroatoms. The van der Waals surface area contributed by atoms with Gasteiger partial charge in [-0.3, -0.25) is 4.90 Å². The number of nitrogens with one attached hydrogen (secondary N) is 1. The third-order valence-corrected chi connectivity index (χ3v) is 5.59. The van der Waals surface area contributed by atoms with Crippen LogP contribution in [0.15, 0.2) is 42.5 Å². The molecule has 0 radical (unpaired) electrons. The molecule has 0 spiro atoms. The van der Waals surface area contributed by atoms with Gasteiger partial charge in [-0.2, -0.15) is 0 Å². The molecule has 0 aromatic heterocycles. The second-order valence-corrected chi connectivity index (χ2v) is 7.33. The lowest BCUT2D eigenvalue weighted by Crippen LogP contribution is -2.49. The summed E-state index contributed by atoms with van der Waals surface area (Å²) in [5.41, 5.74) is 4.79. The van der Waals surface area contributed by atoms with Crippen molar-refractivity contribution in [1.82, 2.24) is 9.80 Å². The Bertz CT molecular complexity index is 754. The molecule has 0 saturated carbocycles. The van der Waals surface area contributed by atoms with E-state index < -0.39 is 0 Å². The Morgan fingerprint density at radius 3 is 2.48 bits per heavy atom. The van der Waals surface area contributed by atoms with Crippen LogP contribution in [0.3, 0.4) is 0 Å². The average molecular weight is 374 g/mol. The van der Waals surface area contributed by atoms with Gasteiger partial charge in [0.15, 0.2) is 5.11 Å². The summed E-state index contributed by atoms with van der Waals surface area (Å²) in [5.74, 6) is 0. The zero-order valence-corrected chi connectivity index (χ0v) is 16.3. The molecule has 3 rings (SSSR count). The molecule has 132 valence electrons. The molecule has 2 aromatic rings. The minimum absolute atomic E-state index is 0.760. The van der Waals surface area contributed by atoms with Gasteiger partial charge in [-0.25, -0.2) is 0 Å². The molecule has 0 unspecified atom stereocenters. The number of rotatable bonds is 3. The summed E-state index contributed by atoms with van der Waals surface area (Å²) >= 11 is 11.8. The third-order valence-electron chi connectivity index (χ3n) is 4.82. The molecule has 25 heavy (non-hydrogen) atoms. The summed E-state index contributed by atoms with van der Waals surface area (Å²) in [6.45, 7) is 9.11. The lowest BCUT2D eigenvalue weighted by atomic mass is 10.1. The molecule has 1 N–H and O–H groups in total. The van der Waals surface area contributed by atoms with Crippen molar-refractivity contribution < 1.29 is 0 Å². The summed E-state index contributed by atoms with van der Waals surface area (Å²) in [6, 6.07) is 14.5. The van der Waals surface area contributed by atoms with Crippen molar-refractivity contribution in [2.45, 2.75) is 20.4 Å². The van der Waals surface area contributed by atoms with Crippen molar-refractivity contribution in [2.24, 2.45) is 0 Å². The van der Waals surface area contributed by atoms with E-state index in [4.69, 9.17) is 23.8 Å². The van der Waals surface area contributed by atoms with Crippen LogP contribution >= 0.6 is 23.8 Å². The van der Waals surface area contributed by atoms with Crippen molar-refractivity contribution in [3.05, 3.63) is 64.2 Å². The van der Waals surface area contributed by atoms with Gasteiger partial charge in [0.1, 0.15) is 0 Å². The van der Waals surface area contributed by atoms with Crippen molar-refractivity contribution in [3.63, 3.8) is 0 Å². The molecule has 0 amide bonds. The minimum Gasteiger partial charge on any atom is -0.346 e. The van der Waals surface area contributed by atoms with Gasteiger partial charge in [-0.05, 0) is 54.9 Å². The van der Waals surface area contributed by atoms with Crippen molar-refractivity contribution in [1.29, 1.82) is 0 Å². The molecule has 2 aromatic carbocycles. The van der Waals surface area contributed by atoms with E-state index in [2.05, 4.69) is 46.3 Å². The van der Waals surface area contributed by atoms with E-state index in [0.717, 1.165) is 54.1 Å². The van der Waals surface area contributed by atoms with Gasteiger partial charge in [-0.15, -0.1) is 0 Å². The first kappa shape index (κ1) is 18.2. The van der Waals surface area contributed by atoms with E-state index in [1.54, 1.807) is 0 Å². The van der Waals surface area contributed by atoms with Crippen LogP contribution < -0.4 is 5.32 Å². The van der Waals surface area contributed by atoms with Gasteiger partial charge in [0.2, 0.25) is 0 Å². The van der Waals surface area contributed by atoms with Crippen LogP contribution in [-0.4, -0.2) is 41.1 Å². The van der Waals surface area contributed by atoms with Crippen molar-refractivity contribution in [3.8, 4) is 0 Å². The summed E-state index contributed by atoms with van der Waals surface area (Å²) in [6.07, 6.45) is 0. The summed E-state index contributed by atoms with van der Waals surface area (Å²) in [5, 5.41) is 4.89. The molecule has 1 heterocycles. The second kappa shape index (κ2) is 8.17. The molecule has 0 aliphatic carbocycles. The van der Waals surface area contributed by atoms with Crippen molar-refractivity contribution >= 4 is 34.6 Å². The molecule has 0 bridgehead atoms.